The second kappa shape index (κ2) is 4.63. The van der Waals surface area contributed by atoms with Crippen LogP contribution < -0.4 is 0 Å². The number of carbonyl (C=O) groups excluding carboxylic acids is 1. The summed E-state index contributed by atoms with van der Waals surface area (Å²) < 4.78 is 0. The number of nitrogens with zero attached hydrogens (tertiary/aromatic N) is 2. The number of rotatable bonds is 3. The highest BCUT2D eigenvalue weighted by molar-refractivity contribution is 6.29. The van der Waals surface area contributed by atoms with Crippen LogP contribution in [0.2, 0.25) is 5.15 Å². The summed E-state index contributed by atoms with van der Waals surface area (Å²) in [6.07, 6.45) is 3.15. The second-order valence-electron chi connectivity index (χ2n) is 4.50. The normalized spacial score (nSPS) is 17.7. The van der Waals surface area contributed by atoms with Gasteiger partial charge in [0.05, 0.1) is 18.7 Å². The molecule has 0 aliphatic carbocycles. The van der Waals surface area contributed by atoms with Crippen molar-refractivity contribution >= 4 is 17.5 Å². The number of hydrogen-bond donors (Lipinski definition) is 1. The summed E-state index contributed by atoms with van der Waals surface area (Å²) in [7, 11) is 0. The largest absolute Gasteiger partial charge is 0.386 e. The molecular formula is C12H15ClN2O2. The van der Waals surface area contributed by atoms with Crippen LogP contribution >= 0.6 is 11.6 Å². The maximum Gasteiger partial charge on any atom is 0.254 e. The zero-order valence-corrected chi connectivity index (χ0v) is 10.4. The van der Waals surface area contributed by atoms with Gasteiger partial charge < -0.3 is 10.0 Å². The second-order valence-corrected chi connectivity index (χ2v) is 4.89. The molecule has 0 aromatic carbocycles. The van der Waals surface area contributed by atoms with Gasteiger partial charge in [-0.05, 0) is 18.6 Å². The van der Waals surface area contributed by atoms with Crippen LogP contribution in [0, 0.1) is 0 Å². The van der Waals surface area contributed by atoms with Crippen molar-refractivity contribution in [2.75, 3.05) is 13.1 Å². The van der Waals surface area contributed by atoms with Gasteiger partial charge in [0.1, 0.15) is 5.15 Å². The van der Waals surface area contributed by atoms with Gasteiger partial charge in [-0.2, -0.15) is 0 Å². The molecule has 2 heterocycles. The molecular weight excluding hydrogens is 240 g/mol. The van der Waals surface area contributed by atoms with Gasteiger partial charge in [0, 0.05) is 11.8 Å². The zero-order chi connectivity index (χ0) is 12.5. The van der Waals surface area contributed by atoms with E-state index in [1.807, 2.05) is 6.92 Å². The van der Waals surface area contributed by atoms with Crippen molar-refractivity contribution < 1.29 is 9.90 Å². The Morgan fingerprint density at radius 2 is 2.35 bits per heavy atom. The molecule has 0 atom stereocenters. The average molecular weight is 255 g/mol. The van der Waals surface area contributed by atoms with E-state index in [0.717, 1.165) is 12.8 Å². The van der Waals surface area contributed by atoms with E-state index in [-0.39, 0.29) is 5.91 Å². The molecule has 0 radical (unpaired) electrons. The van der Waals surface area contributed by atoms with Crippen molar-refractivity contribution in [2.24, 2.45) is 0 Å². The van der Waals surface area contributed by atoms with E-state index in [1.165, 1.54) is 6.20 Å². The highest BCUT2D eigenvalue weighted by atomic mass is 35.5. The lowest BCUT2D eigenvalue weighted by atomic mass is 9.89. The number of β-amino-alcohol motifs (C(OH)–C–C–N with tert-alkyl or cyclic N) is 1. The van der Waals surface area contributed by atoms with Gasteiger partial charge in [-0.25, -0.2) is 4.98 Å². The van der Waals surface area contributed by atoms with E-state index in [9.17, 15) is 9.90 Å². The molecule has 1 aliphatic rings. The Bertz CT molecular complexity index is 430. The Morgan fingerprint density at radius 1 is 1.65 bits per heavy atom. The minimum absolute atomic E-state index is 0.102. The first-order valence-electron chi connectivity index (χ1n) is 5.67. The highest BCUT2D eigenvalue weighted by Gasteiger charge is 2.42. The van der Waals surface area contributed by atoms with Crippen molar-refractivity contribution in [3.63, 3.8) is 0 Å². The van der Waals surface area contributed by atoms with Crippen LogP contribution in [-0.4, -0.2) is 39.6 Å². The summed E-state index contributed by atoms with van der Waals surface area (Å²) in [5.41, 5.74) is -0.176. The number of pyridine rings is 1. The van der Waals surface area contributed by atoms with Crippen molar-refractivity contribution in [3.8, 4) is 0 Å². The number of hydrogen-bond acceptors (Lipinski definition) is 3. The van der Waals surface area contributed by atoms with Crippen molar-refractivity contribution in [2.45, 2.75) is 25.4 Å². The summed E-state index contributed by atoms with van der Waals surface area (Å²) in [6.45, 7) is 2.82. The van der Waals surface area contributed by atoms with Crippen molar-refractivity contribution in [1.29, 1.82) is 0 Å². The van der Waals surface area contributed by atoms with Crippen LogP contribution in [0.25, 0.3) is 0 Å². The molecule has 92 valence electrons. The molecule has 0 saturated carbocycles. The molecule has 1 aromatic rings. The minimum atomic E-state index is -0.693. The summed E-state index contributed by atoms with van der Waals surface area (Å²) in [6, 6.07) is 3.17. The maximum atomic E-state index is 12.0. The predicted octanol–water partition coefficient (Wildman–Crippen LogP) is 1.72. The molecule has 1 fully saturated rings. The fourth-order valence-electron chi connectivity index (χ4n) is 2.15. The topological polar surface area (TPSA) is 53.4 Å². The standard InChI is InChI=1S/C12H15ClN2O2/c1-2-4-12(17)7-15(8-12)11(16)9-3-5-14-10(13)6-9/h3,5-6,17H,2,4,7-8H2,1H3. The monoisotopic (exact) mass is 254 g/mol. The Morgan fingerprint density at radius 3 is 2.94 bits per heavy atom. The molecule has 1 saturated heterocycles. The molecule has 4 nitrogen and oxygen atoms in total. The Kier molecular flexibility index (Phi) is 3.35. The number of likely N-dealkylation sites (tertiary alicyclic amines) is 1. The van der Waals surface area contributed by atoms with E-state index < -0.39 is 5.60 Å². The average Bonchev–Trinajstić information content (AvgIpc) is 2.25. The molecule has 1 N–H and O–H groups in total. The SMILES string of the molecule is CCCC1(O)CN(C(=O)c2ccnc(Cl)c2)C1. The molecule has 0 bridgehead atoms. The van der Waals surface area contributed by atoms with E-state index in [1.54, 1.807) is 17.0 Å². The predicted molar refractivity (Wildman–Crippen MR) is 65.0 cm³/mol. The van der Waals surface area contributed by atoms with Gasteiger partial charge in [0.25, 0.3) is 5.91 Å². The van der Waals surface area contributed by atoms with E-state index >= 15 is 0 Å². The summed E-state index contributed by atoms with van der Waals surface area (Å²) in [5.74, 6) is -0.102. The third-order valence-corrected chi connectivity index (χ3v) is 3.15. The molecule has 1 aliphatic heterocycles. The number of carbonyl (C=O) groups is 1. The van der Waals surface area contributed by atoms with Gasteiger partial charge >= 0.3 is 0 Å². The van der Waals surface area contributed by atoms with Crippen LogP contribution in [0.4, 0.5) is 0 Å². The fourth-order valence-corrected chi connectivity index (χ4v) is 2.32. The fraction of sp³-hybridized carbons (Fsp3) is 0.500. The zero-order valence-electron chi connectivity index (χ0n) is 9.69. The molecule has 17 heavy (non-hydrogen) atoms. The van der Waals surface area contributed by atoms with Crippen LogP contribution in [-0.2, 0) is 0 Å². The molecule has 1 amide bonds. The third kappa shape index (κ3) is 2.58. The summed E-state index contributed by atoms with van der Waals surface area (Å²) in [4.78, 5) is 17.5. The Balaban J connectivity index is 2.00. The first kappa shape index (κ1) is 12.3. The van der Waals surface area contributed by atoms with Crippen LogP contribution in [0.1, 0.15) is 30.1 Å². The van der Waals surface area contributed by atoms with E-state index in [4.69, 9.17) is 11.6 Å². The number of aliphatic hydroxyl groups is 1. The molecule has 5 heteroatoms. The van der Waals surface area contributed by atoms with Gasteiger partial charge in [0.2, 0.25) is 0 Å². The highest BCUT2D eigenvalue weighted by Crippen LogP contribution is 2.27. The van der Waals surface area contributed by atoms with Crippen molar-refractivity contribution in [1.82, 2.24) is 9.88 Å². The lowest BCUT2D eigenvalue weighted by Gasteiger charge is -2.46. The summed E-state index contributed by atoms with van der Waals surface area (Å²) >= 11 is 5.73. The quantitative estimate of drug-likeness (QED) is 0.836. The number of halogens is 1. The van der Waals surface area contributed by atoms with Crippen LogP contribution in [0.3, 0.4) is 0 Å². The smallest absolute Gasteiger partial charge is 0.254 e. The number of amides is 1. The third-order valence-electron chi connectivity index (χ3n) is 2.95. The van der Waals surface area contributed by atoms with Gasteiger partial charge in [-0.1, -0.05) is 24.9 Å². The minimum Gasteiger partial charge on any atom is -0.386 e. The van der Waals surface area contributed by atoms with Gasteiger partial charge in [-0.15, -0.1) is 0 Å². The van der Waals surface area contributed by atoms with Crippen LogP contribution in [0.15, 0.2) is 18.3 Å². The first-order valence-corrected chi connectivity index (χ1v) is 6.05. The molecule has 1 aromatic heterocycles. The molecule has 0 unspecified atom stereocenters. The summed E-state index contributed by atoms with van der Waals surface area (Å²) in [5, 5.41) is 10.3. The van der Waals surface area contributed by atoms with Crippen molar-refractivity contribution in [3.05, 3.63) is 29.0 Å². The lowest BCUT2D eigenvalue weighted by molar-refractivity contribution is -0.0860. The Labute approximate surface area is 105 Å². The maximum absolute atomic E-state index is 12.0. The van der Waals surface area contributed by atoms with E-state index in [0.29, 0.717) is 23.8 Å². The van der Waals surface area contributed by atoms with Gasteiger partial charge in [0.15, 0.2) is 0 Å². The van der Waals surface area contributed by atoms with Crippen LogP contribution in [0.5, 0.6) is 0 Å². The molecule has 0 spiro atoms. The van der Waals surface area contributed by atoms with E-state index in [2.05, 4.69) is 4.98 Å². The first-order chi connectivity index (χ1) is 8.04. The van der Waals surface area contributed by atoms with Gasteiger partial charge in [-0.3, -0.25) is 4.79 Å². The Hall–Kier alpha value is -1.13. The number of aromatic nitrogens is 1. The lowest BCUT2D eigenvalue weighted by Crippen LogP contribution is -2.63. The molecule has 2 rings (SSSR count).